The summed E-state index contributed by atoms with van der Waals surface area (Å²) in [4.78, 5) is 13.4. The molecule has 0 spiro atoms. The van der Waals surface area contributed by atoms with E-state index in [0.717, 1.165) is 10.4 Å². The Balaban J connectivity index is 1.80. The summed E-state index contributed by atoms with van der Waals surface area (Å²) in [7, 11) is -2.12. The monoisotopic (exact) mass is 452 g/mol. The van der Waals surface area contributed by atoms with E-state index in [1.807, 2.05) is 106 Å². The normalized spacial score (nSPS) is 11.3. The van der Waals surface area contributed by atoms with E-state index in [0.29, 0.717) is 22.6 Å². The summed E-state index contributed by atoms with van der Waals surface area (Å²) in [5, 5.41) is 2.29. The van der Waals surface area contributed by atoms with E-state index < -0.39 is 9.04 Å². The lowest BCUT2D eigenvalue weighted by Crippen LogP contribution is -2.47. The van der Waals surface area contributed by atoms with Gasteiger partial charge in [0.2, 0.25) is 0 Å². The molecule has 4 aromatic carbocycles. The molecule has 0 amide bonds. The predicted molar refractivity (Wildman–Crippen MR) is 137 cm³/mol. The van der Waals surface area contributed by atoms with Gasteiger partial charge in [0.15, 0.2) is 5.78 Å². The first kappa shape index (κ1) is 22.6. The van der Waals surface area contributed by atoms with Crippen LogP contribution in [0.15, 0.2) is 109 Å². The van der Waals surface area contributed by atoms with Gasteiger partial charge in [-0.15, -0.1) is 0 Å². The van der Waals surface area contributed by atoms with Crippen LogP contribution < -0.4 is 19.5 Å². The Hall–Kier alpha value is -3.63. The van der Waals surface area contributed by atoms with Gasteiger partial charge in [0.05, 0.1) is 5.56 Å². The molecular weight excluding hydrogens is 424 g/mol. The van der Waals surface area contributed by atoms with Crippen LogP contribution in [0.4, 0.5) is 0 Å². The maximum absolute atomic E-state index is 13.4. The average Bonchev–Trinajstić information content (AvgIpc) is 2.83. The maximum atomic E-state index is 13.4. The molecule has 0 aliphatic carbocycles. The Morgan fingerprint density at radius 3 is 1.73 bits per heavy atom. The largest absolute Gasteiger partial charge is 0.537 e. The standard InChI is InChI=1S/C29H28O3Si/c1-29(2,3)31-23-19-20-26(28(30)22-13-7-4-8-14-22)27(21-23)32-33(24-15-9-5-10-16-24)25-17-11-6-12-18-25/h4-21,33H,1-3H3. The molecule has 0 saturated carbocycles. The lowest BCUT2D eigenvalue weighted by atomic mass is 10.0. The minimum absolute atomic E-state index is 0.0678. The van der Waals surface area contributed by atoms with Gasteiger partial charge in [0.25, 0.3) is 9.04 Å². The molecule has 0 heterocycles. The molecule has 0 fully saturated rings. The smallest absolute Gasteiger partial charge is 0.299 e. The van der Waals surface area contributed by atoms with Crippen LogP contribution in [0.1, 0.15) is 36.7 Å². The Kier molecular flexibility index (Phi) is 6.75. The van der Waals surface area contributed by atoms with Crippen molar-refractivity contribution in [2.24, 2.45) is 0 Å². The van der Waals surface area contributed by atoms with Crippen LogP contribution >= 0.6 is 0 Å². The van der Waals surface area contributed by atoms with E-state index in [1.54, 1.807) is 0 Å². The van der Waals surface area contributed by atoms with Crippen LogP contribution in [0.3, 0.4) is 0 Å². The molecule has 33 heavy (non-hydrogen) atoms. The molecule has 0 atom stereocenters. The van der Waals surface area contributed by atoms with Crippen molar-refractivity contribution in [3.8, 4) is 11.5 Å². The SMILES string of the molecule is CC(C)(C)Oc1ccc(C(=O)c2ccccc2)c(O[SiH](c2ccccc2)c2ccccc2)c1. The van der Waals surface area contributed by atoms with Crippen molar-refractivity contribution in [3.63, 3.8) is 0 Å². The molecule has 166 valence electrons. The van der Waals surface area contributed by atoms with Crippen molar-refractivity contribution in [3.05, 3.63) is 120 Å². The summed E-state index contributed by atoms with van der Waals surface area (Å²) >= 11 is 0. The summed E-state index contributed by atoms with van der Waals surface area (Å²) < 4.78 is 12.9. The zero-order valence-electron chi connectivity index (χ0n) is 19.2. The number of carbonyl (C=O) groups excluding carboxylic acids is 1. The third-order valence-corrected chi connectivity index (χ3v) is 7.58. The molecule has 0 radical (unpaired) electrons. The number of ketones is 1. The summed E-state index contributed by atoms with van der Waals surface area (Å²) in [5.41, 5.74) is 0.800. The molecule has 4 rings (SSSR count). The number of hydrogen-bond donors (Lipinski definition) is 0. The molecule has 0 aromatic heterocycles. The molecule has 3 nitrogen and oxygen atoms in total. The van der Waals surface area contributed by atoms with E-state index in [-0.39, 0.29) is 11.4 Å². The summed E-state index contributed by atoms with van der Waals surface area (Å²) in [6.07, 6.45) is 0. The minimum Gasteiger partial charge on any atom is -0.537 e. The number of benzene rings is 4. The summed E-state index contributed by atoms with van der Waals surface area (Å²) in [5.74, 6) is 1.16. The third kappa shape index (κ3) is 5.79. The van der Waals surface area contributed by atoms with E-state index >= 15 is 0 Å². The molecular formula is C29H28O3Si. The van der Waals surface area contributed by atoms with Gasteiger partial charge in [-0.25, -0.2) is 0 Å². The first-order valence-corrected chi connectivity index (χ1v) is 12.7. The van der Waals surface area contributed by atoms with Gasteiger partial charge in [0, 0.05) is 11.6 Å². The van der Waals surface area contributed by atoms with Crippen LogP contribution in [-0.4, -0.2) is 20.4 Å². The van der Waals surface area contributed by atoms with Crippen LogP contribution in [0.2, 0.25) is 0 Å². The summed E-state index contributed by atoms with van der Waals surface area (Å²) in [6.45, 7) is 6.01. The Morgan fingerprint density at radius 1 is 0.697 bits per heavy atom. The maximum Gasteiger partial charge on any atom is 0.299 e. The number of ether oxygens (including phenoxy) is 1. The van der Waals surface area contributed by atoms with Gasteiger partial charge in [-0.1, -0.05) is 91.0 Å². The Bertz CT molecular complexity index is 1160. The van der Waals surface area contributed by atoms with Gasteiger partial charge in [-0.3, -0.25) is 4.79 Å². The van der Waals surface area contributed by atoms with Crippen molar-refractivity contribution in [2.75, 3.05) is 0 Å². The fourth-order valence-electron chi connectivity index (χ4n) is 3.66. The molecule has 0 aliphatic heterocycles. The van der Waals surface area contributed by atoms with Crippen molar-refractivity contribution >= 4 is 25.2 Å². The molecule has 4 heteroatoms. The van der Waals surface area contributed by atoms with Crippen LogP contribution in [0.25, 0.3) is 0 Å². The molecule has 0 saturated heterocycles. The molecule has 0 bridgehead atoms. The Labute approximate surface area is 197 Å². The van der Waals surface area contributed by atoms with Gasteiger partial charge >= 0.3 is 0 Å². The van der Waals surface area contributed by atoms with Crippen molar-refractivity contribution in [1.29, 1.82) is 0 Å². The third-order valence-electron chi connectivity index (χ3n) is 5.11. The molecule has 0 aliphatic rings. The fourth-order valence-corrected chi connectivity index (χ4v) is 5.91. The van der Waals surface area contributed by atoms with E-state index in [4.69, 9.17) is 9.16 Å². The minimum atomic E-state index is -2.12. The number of rotatable bonds is 7. The fraction of sp³-hybridized carbons (Fsp3) is 0.138. The first-order chi connectivity index (χ1) is 15.9. The average molecular weight is 453 g/mol. The molecule has 0 unspecified atom stereocenters. The second-order valence-corrected chi connectivity index (χ2v) is 11.2. The molecule has 4 aromatic rings. The van der Waals surface area contributed by atoms with Crippen molar-refractivity contribution in [1.82, 2.24) is 0 Å². The first-order valence-electron chi connectivity index (χ1n) is 11.1. The highest BCUT2D eigenvalue weighted by atomic mass is 28.3. The highest BCUT2D eigenvalue weighted by Gasteiger charge is 2.24. The topological polar surface area (TPSA) is 35.5 Å². The van der Waals surface area contributed by atoms with Crippen LogP contribution in [0.5, 0.6) is 11.5 Å². The van der Waals surface area contributed by atoms with Crippen LogP contribution in [0, 0.1) is 0 Å². The van der Waals surface area contributed by atoms with Gasteiger partial charge in [-0.05, 0) is 43.3 Å². The molecule has 0 N–H and O–H groups in total. The lowest BCUT2D eigenvalue weighted by Gasteiger charge is -2.24. The highest BCUT2D eigenvalue weighted by molar-refractivity contribution is 6.80. The number of carbonyl (C=O) groups is 1. The van der Waals surface area contributed by atoms with Crippen LogP contribution in [-0.2, 0) is 0 Å². The van der Waals surface area contributed by atoms with E-state index in [9.17, 15) is 4.79 Å². The van der Waals surface area contributed by atoms with E-state index in [2.05, 4.69) is 24.3 Å². The zero-order chi connectivity index (χ0) is 23.3. The van der Waals surface area contributed by atoms with E-state index in [1.165, 1.54) is 0 Å². The zero-order valence-corrected chi connectivity index (χ0v) is 20.3. The quantitative estimate of drug-likeness (QED) is 0.292. The highest BCUT2D eigenvalue weighted by Crippen LogP contribution is 2.29. The summed E-state index contributed by atoms with van der Waals surface area (Å²) in [6, 6.07) is 35.3. The van der Waals surface area contributed by atoms with Crippen molar-refractivity contribution in [2.45, 2.75) is 26.4 Å². The predicted octanol–water partition coefficient (Wildman–Crippen LogP) is 5.01. The second kappa shape index (κ2) is 9.88. The Morgan fingerprint density at radius 2 is 1.21 bits per heavy atom. The van der Waals surface area contributed by atoms with Gasteiger partial charge in [-0.2, -0.15) is 0 Å². The lowest BCUT2D eigenvalue weighted by molar-refractivity contribution is 0.103. The second-order valence-electron chi connectivity index (χ2n) is 8.89. The van der Waals surface area contributed by atoms with Gasteiger partial charge < -0.3 is 9.16 Å². The van der Waals surface area contributed by atoms with Gasteiger partial charge in [0.1, 0.15) is 17.1 Å². The number of hydrogen-bond acceptors (Lipinski definition) is 3. The van der Waals surface area contributed by atoms with Crippen molar-refractivity contribution < 1.29 is 14.0 Å².